The fourth-order valence-electron chi connectivity index (χ4n) is 3.14. The Morgan fingerprint density at radius 1 is 1.15 bits per heavy atom. The van der Waals surface area contributed by atoms with Crippen molar-refractivity contribution in [1.82, 2.24) is 24.9 Å². The van der Waals surface area contributed by atoms with Crippen LogP contribution in [0.25, 0.3) is 23.0 Å². The zero-order valence-electron chi connectivity index (χ0n) is 18.2. The van der Waals surface area contributed by atoms with Gasteiger partial charge in [0.05, 0.1) is 6.54 Å². The van der Waals surface area contributed by atoms with Crippen LogP contribution in [-0.4, -0.2) is 44.4 Å². The predicted octanol–water partition coefficient (Wildman–Crippen LogP) is 4.01. The topological polar surface area (TPSA) is 117 Å². The lowest BCUT2D eigenvalue weighted by molar-refractivity contribution is -0.274. The van der Waals surface area contributed by atoms with Crippen LogP contribution in [0.5, 0.6) is 5.75 Å². The van der Waals surface area contributed by atoms with Crippen molar-refractivity contribution in [2.24, 2.45) is 5.73 Å². The highest BCUT2D eigenvalue weighted by Crippen LogP contribution is 2.27. The molecule has 0 aliphatic heterocycles. The number of anilines is 1. The van der Waals surface area contributed by atoms with E-state index in [1.165, 1.54) is 24.3 Å². The van der Waals surface area contributed by atoms with Gasteiger partial charge < -0.3 is 20.3 Å². The third-order valence-corrected chi connectivity index (χ3v) is 4.82. The van der Waals surface area contributed by atoms with E-state index in [0.29, 0.717) is 24.3 Å². The van der Waals surface area contributed by atoms with E-state index in [0.717, 1.165) is 30.0 Å². The second kappa shape index (κ2) is 9.91. The second-order valence-corrected chi connectivity index (χ2v) is 7.44. The molecule has 12 heteroatoms. The van der Waals surface area contributed by atoms with Crippen molar-refractivity contribution >= 4 is 5.82 Å². The number of ether oxygens (including phenoxy) is 1. The molecule has 0 amide bonds. The number of halogens is 3. The maximum atomic E-state index is 12.3. The number of pyridine rings is 1. The van der Waals surface area contributed by atoms with Gasteiger partial charge in [-0.25, -0.2) is 4.98 Å². The molecule has 34 heavy (non-hydrogen) atoms. The number of aryl methyl sites for hydroxylation is 1. The van der Waals surface area contributed by atoms with Crippen LogP contribution in [-0.2, 0) is 6.54 Å². The van der Waals surface area contributed by atoms with E-state index in [1.54, 1.807) is 10.9 Å². The van der Waals surface area contributed by atoms with Crippen molar-refractivity contribution in [3.8, 4) is 28.7 Å². The van der Waals surface area contributed by atoms with Crippen LogP contribution in [0.4, 0.5) is 19.0 Å². The lowest BCUT2D eigenvalue weighted by Crippen LogP contribution is -2.16. The van der Waals surface area contributed by atoms with Crippen LogP contribution in [0.1, 0.15) is 17.7 Å². The van der Waals surface area contributed by atoms with Gasteiger partial charge in [-0.05, 0) is 61.9 Å². The predicted molar refractivity (Wildman–Crippen MR) is 118 cm³/mol. The molecule has 0 aliphatic rings. The Labute approximate surface area is 192 Å². The summed E-state index contributed by atoms with van der Waals surface area (Å²) in [5.74, 6) is 0.877. The molecule has 1 aromatic carbocycles. The highest BCUT2D eigenvalue weighted by molar-refractivity contribution is 5.59. The standard InChI is InChI=1S/C22H22F3N7O2/c1-14-11-18(30-32(14)13-15-3-8-19(28-12-15)27-10-2-9-26)21-29-20(31-34-21)16-4-6-17(7-5-16)33-22(23,24)25/h3-8,11-12H,2,9-10,13,26H2,1H3,(H,27,28). The Kier molecular flexibility index (Phi) is 6.77. The summed E-state index contributed by atoms with van der Waals surface area (Å²) in [5.41, 5.74) is 8.31. The highest BCUT2D eigenvalue weighted by Gasteiger charge is 2.31. The number of nitrogens with zero attached hydrogens (tertiary/aromatic N) is 5. The summed E-state index contributed by atoms with van der Waals surface area (Å²) in [6.07, 6.45) is -2.10. The highest BCUT2D eigenvalue weighted by atomic mass is 19.4. The van der Waals surface area contributed by atoms with E-state index in [9.17, 15) is 13.2 Å². The van der Waals surface area contributed by atoms with Gasteiger partial charge in [-0.3, -0.25) is 4.68 Å². The Hall–Kier alpha value is -3.93. The molecule has 0 atom stereocenters. The summed E-state index contributed by atoms with van der Waals surface area (Å²) in [7, 11) is 0. The van der Waals surface area contributed by atoms with Gasteiger partial charge in [0.15, 0.2) is 5.69 Å². The minimum Gasteiger partial charge on any atom is -0.406 e. The number of alkyl halides is 3. The van der Waals surface area contributed by atoms with Crippen LogP contribution < -0.4 is 15.8 Å². The maximum absolute atomic E-state index is 12.3. The smallest absolute Gasteiger partial charge is 0.406 e. The number of benzene rings is 1. The largest absolute Gasteiger partial charge is 0.573 e. The Morgan fingerprint density at radius 3 is 2.62 bits per heavy atom. The van der Waals surface area contributed by atoms with E-state index in [1.807, 2.05) is 25.1 Å². The van der Waals surface area contributed by atoms with Crippen molar-refractivity contribution in [2.45, 2.75) is 26.3 Å². The molecule has 0 radical (unpaired) electrons. The van der Waals surface area contributed by atoms with Gasteiger partial charge in [0.1, 0.15) is 11.6 Å². The van der Waals surface area contributed by atoms with Gasteiger partial charge >= 0.3 is 6.36 Å². The number of hydrogen-bond donors (Lipinski definition) is 2. The van der Waals surface area contributed by atoms with Crippen LogP contribution in [0.2, 0.25) is 0 Å². The summed E-state index contributed by atoms with van der Waals surface area (Å²) in [5, 5.41) is 11.6. The molecule has 0 saturated carbocycles. The first kappa shape index (κ1) is 23.2. The van der Waals surface area contributed by atoms with E-state index < -0.39 is 6.36 Å². The quantitative estimate of drug-likeness (QED) is 0.350. The molecular formula is C22H22F3N7O2. The first-order chi connectivity index (χ1) is 16.3. The van der Waals surface area contributed by atoms with Crippen LogP contribution >= 0.6 is 0 Å². The number of nitrogens with one attached hydrogen (secondary N) is 1. The van der Waals surface area contributed by atoms with Gasteiger partial charge in [0, 0.05) is 24.0 Å². The molecular weight excluding hydrogens is 451 g/mol. The normalized spacial score (nSPS) is 11.6. The lowest BCUT2D eigenvalue weighted by atomic mass is 10.2. The van der Waals surface area contributed by atoms with Crippen molar-refractivity contribution in [3.63, 3.8) is 0 Å². The SMILES string of the molecule is Cc1cc(-c2nc(-c3ccc(OC(F)(F)F)cc3)no2)nn1Cc1ccc(NCCCN)nc1. The Morgan fingerprint density at radius 2 is 1.94 bits per heavy atom. The molecule has 0 fully saturated rings. The summed E-state index contributed by atoms with van der Waals surface area (Å²) in [6.45, 7) is 3.80. The third-order valence-electron chi connectivity index (χ3n) is 4.82. The molecule has 0 aliphatic carbocycles. The minimum absolute atomic E-state index is 0.199. The molecule has 0 spiro atoms. The number of nitrogens with two attached hydrogens (primary N) is 1. The van der Waals surface area contributed by atoms with E-state index >= 15 is 0 Å². The zero-order valence-corrected chi connectivity index (χ0v) is 18.2. The molecule has 4 aromatic rings. The minimum atomic E-state index is -4.75. The lowest BCUT2D eigenvalue weighted by Gasteiger charge is -2.08. The molecule has 9 nitrogen and oxygen atoms in total. The first-order valence-electron chi connectivity index (χ1n) is 10.4. The molecule has 0 unspecified atom stereocenters. The van der Waals surface area contributed by atoms with Crippen LogP contribution in [0.15, 0.2) is 53.2 Å². The van der Waals surface area contributed by atoms with E-state index in [-0.39, 0.29) is 17.5 Å². The molecule has 4 rings (SSSR count). The molecule has 3 heterocycles. The zero-order chi connectivity index (χ0) is 24.1. The number of hydrogen-bond acceptors (Lipinski definition) is 8. The fourth-order valence-corrected chi connectivity index (χ4v) is 3.14. The van der Waals surface area contributed by atoms with Gasteiger partial charge in [0.25, 0.3) is 5.89 Å². The van der Waals surface area contributed by atoms with E-state index in [4.69, 9.17) is 10.3 Å². The van der Waals surface area contributed by atoms with Gasteiger partial charge in [0.2, 0.25) is 5.82 Å². The van der Waals surface area contributed by atoms with Gasteiger partial charge in [-0.15, -0.1) is 13.2 Å². The summed E-state index contributed by atoms with van der Waals surface area (Å²) >= 11 is 0. The third kappa shape index (κ3) is 5.90. The Balaban J connectivity index is 1.43. The average molecular weight is 473 g/mol. The van der Waals surface area contributed by atoms with Crippen molar-refractivity contribution < 1.29 is 22.4 Å². The van der Waals surface area contributed by atoms with Gasteiger partial charge in [-0.2, -0.15) is 10.1 Å². The molecule has 3 N–H and O–H groups in total. The van der Waals surface area contributed by atoms with Crippen molar-refractivity contribution in [2.75, 3.05) is 18.4 Å². The number of rotatable bonds is 9. The van der Waals surface area contributed by atoms with Crippen molar-refractivity contribution in [3.05, 3.63) is 59.9 Å². The molecule has 0 bridgehead atoms. The van der Waals surface area contributed by atoms with E-state index in [2.05, 4.69) is 30.3 Å². The second-order valence-electron chi connectivity index (χ2n) is 7.44. The molecule has 0 saturated heterocycles. The summed E-state index contributed by atoms with van der Waals surface area (Å²) in [6, 6.07) is 10.9. The number of aromatic nitrogens is 5. The average Bonchev–Trinajstić information content (AvgIpc) is 3.42. The van der Waals surface area contributed by atoms with Gasteiger partial charge in [-0.1, -0.05) is 11.2 Å². The van der Waals surface area contributed by atoms with Crippen LogP contribution in [0.3, 0.4) is 0 Å². The maximum Gasteiger partial charge on any atom is 0.573 e. The monoisotopic (exact) mass is 473 g/mol. The molecule has 3 aromatic heterocycles. The summed E-state index contributed by atoms with van der Waals surface area (Å²) < 4.78 is 47.9. The van der Waals surface area contributed by atoms with Crippen molar-refractivity contribution in [1.29, 1.82) is 0 Å². The fraction of sp³-hybridized carbons (Fsp3) is 0.273. The first-order valence-corrected chi connectivity index (χ1v) is 10.4. The Bertz CT molecular complexity index is 1220. The molecule has 178 valence electrons. The van der Waals surface area contributed by atoms with Crippen LogP contribution in [0, 0.1) is 6.92 Å². The summed E-state index contributed by atoms with van der Waals surface area (Å²) in [4.78, 5) is 8.72.